The number of thiophene rings is 1. The van der Waals surface area contributed by atoms with Crippen LogP contribution in [-0.2, 0) is 4.79 Å². The van der Waals surface area contributed by atoms with Crippen molar-refractivity contribution in [3.8, 4) is 0 Å². The third-order valence-corrected chi connectivity index (χ3v) is 5.12. The largest absolute Gasteiger partial charge is 0.324 e. The van der Waals surface area contributed by atoms with Gasteiger partial charge in [0, 0.05) is 9.90 Å². The van der Waals surface area contributed by atoms with Gasteiger partial charge in [0.1, 0.15) is 0 Å². The zero-order valence-electron chi connectivity index (χ0n) is 13.2. The molecule has 1 atom stereocenters. The van der Waals surface area contributed by atoms with Gasteiger partial charge in [0.05, 0.1) is 23.3 Å². The number of hydrogen-bond donors (Lipinski definition) is 2. The maximum absolute atomic E-state index is 12.3. The molecule has 3 aromatic rings. The summed E-state index contributed by atoms with van der Waals surface area (Å²) in [5.74, 6) is -0.165. The van der Waals surface area contributed by atoms with Gasteiger partial charge in [-0.15, -0.1) is 11.3 Å². The van der Waals surface area contributed by atoms with E-state index in [-0.39, 0.29) is 18.5 Å². The first-order valence-electron chi connectivity index (χ1n) is 7.70. The van der Waals surface area contributed by atoms with Gasteiger partial charge in [-0.3, -0.25) is 10.1 Å². The van der Waals surface area contributed by atoms with Crippen LogP contribution < -0.4 is 10.6 Å². The first-order chi connectivity index (χ1) is 12.1. The van der Waals surface area contributed by atoms with E-state index in [9.17, 15) is 4.79 Å². The van der Waals surface area contributed by atoms with Crippen LogP contribution in [0.2, 0.25) is 10.0 Å². The first-order valence-corrected chi connectivity index (χ1v) is 9.33. The molecule has 1 aromatic heterocycles. The fourth-order valence-corrected chi connectivity index (χ4v) is 3.75. The van der Waals surface area contributed by atoms with Crippen molar-refractivity contribution in [2.45, 2.75) is 6.04 Å². The maximum atomic E-state index is 12.3. The number of carbonyl (C=O) groups is 1. The molecule has 0 aliphatic rings. The van der Waals surface area contributed by atoms with Crippen LogP contribution in [-0.4, -0.2) is 12.5 Å². The summed E-state index contributed by atoms with van der Waals surface area (Å²) in [5.41, 5.74) is 1.66. The standard InChI is InChI=1S/C19H16Cl2N2OS/c20-14-8-9-16(15(21)11-14)23-18(24)12-22-19(17-7-4-10-25-17)13-5-2-1-3-6-13/h1-11,19,22H,12H2,(H,23,24)/t19-/m0/s1. The van der Waals surface area contributed by atoms with E-state index in [2.05, 4.69) is 16.7 Å². The van der Waals surface area contributed by atoms with Crippen molar-refractivity contribution in [3.05, 3.63) is 86.5 Å². The molecule has 6 heteroatoms. The molecule has 128 valence electrons. The van der Waals surface area contributed by atoms with Gasteiger partial charge in [-0.2, -0.15) is 0 Å². The first kappa shape index (κ1) is 18.0. The summed E-state index contributed by atoms with van der Waals surface area (Å²) in [6, 6.07) is 19.1. The van der Waals surface area contributed by atoms with Crippen LogP contribution >= 0.6 is 34.5 Å². The van der Waals surface area contributed by atoms with Crippen LogP contribution in [0.15, 0.2) is 66.0 Å². The molecule has 0 radical (unpaired) electrons. The summed E-state index contributed by atoms with van der Waals surface area (Å²) < 4.78 is 0. The summed E-state index contributed by atoms with van der Waals surface area (Å²) in [5, 5.41) is 9.09. The average molecular weight is 391 g/mol. The van der Waals surface area contributed by atoms with Crippen LogP contribution in [0.25, 0.3) is 0 Å². The minimum atomic E-state index is -0.165. The number of rotatable bonds is 6. The van der Waals surface area contributed by atoms with Gasteiger partial charge in [0.25, 0.3) is 0 Å². The Labute approximate surface area is 160 Å². The molecule has 0 fully saturated rings. The van der Waals surface area contributed by atoms with Crippen LogP contribution in [0, 0.1) is 0 Å². The lowest BCUT2D eigenvalue weighted by atomic mass is 10.1. The fraction of sp³-hybridized carbons (Fsp3) is 0.105. The van der Waals surface area contributed by atoms with Crippen molar-refractivity contribution in [2.24, 2.45) is 0 Å². The molecule has 1 amide bonds. The fourth-order valence-electron chi connectivity index (χ4n) is 2.46. The third-order valence-electron chi connectivity index (χ3n) is 3.63. The number of carbonyl (C=O) groups excluding carboxylic acids is 1. The summed E-state index contributed by atoms with van der Waals surface area (Å²) >= 11 is 13.6. The van der Waals surface area contributed by atoms with Crippen molar-refractivity contribution in [3.63, 3.8) is 0 Å². The van der Waals surface area contributed by atoms with E-state index in [4.69, 9.17) is 23.2 Å². The van der Waals surface area contributed by atoms with Gasteiger partial charge in [-0.25, -0.2) is 0 Å². The Hall–Kier alpha value is -1.85. The quantitative estimate of drug-likeness (QED) is 0.593. The molecule has 2 aromatic carbocycles. The van der Waals surface area contributed by atoms with Crippen molar-refractivity contribution in [2.75, 3.05) is 11.9 Å². The summed E-state index contributed by atoms with van der Waals surface area (Å²) in [6.07, 6.45) is 0. The van der Waals surface area contributed by atoms with Crippen molar-refractivity contribution < 1.29 is 4.79 Å². The summed E-state index contributed by atoms with van der Waals surface area (Å²) in [4.78, 5) is 13.4. The number of anilines is 1. The monoisotopic (exact) mass is 390 g/mol. The second kappa shape index (κ2) is 8.50. The Balaban J connectivity index is 1.68. The van der Waals surface area contributed by atoms with Gasteiger partial charge in [0.15, 0.2) is 0 Å². The Morgan fingerprint density at radius 2 is 1.84 bits per heavy atom. The van der Waals surface area contributed by atoms with E-state index in [1.807, 2.05) is 41.8 Å². The Kier molecular flexibility index (Phi) is 6.10. The molecule has 0 saturated heterocycles. The van der Waals surface area contributed by atoms with Gasteiger partial charge in [0.2, 0.25) is 5.91 Å². The molecule has 1 heterocycles. The highest BCUT2D eigenvalue weighted by molar-refractivity contribution is 7.10. The Morgan fingerprint density at radius 1 is 1.04 bits per heavy atom. The van der Waals surface area contributed by atoms with Crippen LogP contribution in [0.1, 0.15) is 16.5 Å². The molecule has 2 N–H and O–H groups in total. The predicted molar refractivity (Wildman–Crippen MR) is 106 cm³/mol. The second-order valence-corrected chi connectivity index (χ2v) is 7.24. The van der Waals surface area contributed by atoms with E-state index >= 15 is 0 Å². The second-order valence-electron chi connectivity index (χ2n) is 5.41. The highest BCUT2D eigenvalue weighted by Gasteiger charge is 2.16. The highest BCUT2D eigenvalue weighted by Crippen LogP contribution is 2.27. The van der Waals surface area contributed by atoms with E-state index in [1.165, 1.54) is 0 Å². The molecule has 0 aliphatic carbocycles. The molecule has 3 rings (SSSR count). The lowest BCUT2D eigenvalue weighted by Gasteiger charge is -2.18. The smallest absolute Gasteiger partial charge is 0.238 e. The van der Waals surface area contributed by atoms with E-state index in [1.54, 1.807) is 29.5 Å². The van der Waals surface area contributed by atoms with Gasteiger partial charge in [-0.05, 0) is 35.2 Å². The molecular weight excluding hydrogens is 375 g/mol. The molecule has 3 nitrogen and oxygen atoms in total. The molecule has 0 saturated carbocycles. The highest BCUT2D eigenvalue weighted by atomic mass is 35.5. The Morgan fingerprint density at radius 3 is 2.52 bits per heavy atom. The molecule has 0 aliphatic heterocycles. The Bertz CT molecular complexity index is 838. The molecule has 0 spiro atoms. The minimum absolute atomic E-state index is 0.0346. The van der Waals surface area contributed by atoms with E-state index in [0.717, 1.165) is 10.4 Å². The lowest BCUT2D eigenvalue weighted by Crippen LogP contribution is -2.31. The predicted octanol–water partition coefficient (Wildman–Crippen LogP) is 5.37. The topological polar surface area (TPSA) is 41.1 Å². The van der Waals surface area contributed by atoms with Gasteiger partial charge < -0.3 is 5.32 Å². The summed E-state index contributed by atoms with van der Waals surface area (Å²) in [6.45, 7) is 0.163. The lowest BCUT2D eigenvalue weighted by molar-refractivity contribution is -0.115. The molecule has 25 heavy (non-hydrogen) atoms. The number of benzene rings is 2. The average Bonchev–Trinajstić information content (AvgIpc) is 3.13. The summed E-state index contributed by atoms with van der Waals surface area (Å²) in [7, 11) is 0. The maximum Gasteiger partial charge on any atom is 0.238 e. The number of nitrogens with one attached hydrogen (secondary N) is 2. The zero-order valence-corrected chi connectivity index (χ0v) is 15.5. The van der Waals surface area contributed by atoms with Crippen LogP contribution in [0.3, 0.4) is 0 Å². The van der Waals surface area contributed by atoms with E-state index in [0.29, 0.717) is 15.7 Å². The van der Waals surface area contributed by atoms with Crippen LogP contribution in [0.5, 0.6) is 0 Å². The minimum Gasteiger partial charge on any atom is -0.324 e. The van der Waals surface area contributed by atoms with Gasteiger partial charge in [-0.1, -0.05) is 59.6 Å². The van der Waals surface area contributed by atoms with Crippen molar-refractivity contribution in [1.29, 1.82) is 0 Å². The molecule has 0 unspecified atom stereocenters. The normalized spacial score (nSPS) is 11.9. The SMILES string of the molecule is O=C(CN[C@@H](c1ccccc1)c1cccs1)Nc1ccc(Cl)cc1Cl. The third kappa shape index (κ3) is 4.83. The van der Waals surface area contributed by atoms with Crippen LogP contribution in [0.4, 0.5) is 5.69 Å². The number of halogens is 2. The molecule has 0 bridgehead atoms. The van der Waals surface area contributed by atoms with Crippen molar-refractivity contribution >= 4 is 46.1 Å². The van der Waals surface area contributed by atoms with E-state index < -0.39 is 0 Å². The zero-order chi connectivity index (χ0) is 17.6. The number of amides is 1. The molecular formula is C19H16Cl2N2OS. The van der Waals surface area contributed by atoms with Crippen molar-refractivity contribution in [1.82, 2.24) is 5.32 Å². The number of hydrogen-bond acceptors (Lipinski definition) is 3. The van der Waals surface area contributed by atoms with Gasteiger partial charge >= 0.3 is 0 Å².